The van der Waals surface area contributed by atoms with E-state index >= 15 is 0 Å². The number of sulfonamides is 2. The molecule has 0 saturated heterocycles. The first-order valence-corrected chi connectivity index (χ1v) is 28.0. The molecular formula is C48H102N2O6S2. The molecule has 0 heterocycles. The van der Waals surface area contributed by atoms with Crippen LogP contribution in [0.15, 0.2) is 0 Å². The van der Waals surface area contributed by atoms with Gasteiger partial charge in [0.05, 0.1) is 11.5 Å². The van der Waals surface area contributed by atoms with Gasteiger partial charge in [-0.1, -0.05) is 166 Å². The molecule has 0 aliphatic heterocycles. The van der Waals surface area contributed by atoms with E-state index in [1.807, 2.05) is 0 Å². The molecule has 4 N–H and O–H groups in total. The first kappa shape index (κ1) is 59.8. The third kappa shape index (κ3) is 29.1. The Hall–Kier alpha value is -0.260. The lowest BCUT2D eigenvalue weighted by Gasteiger charge is -2.32. The standard InChI is InChI=1S/C25H53NO3S.C23H49NO3S/c1-6-11-17-24(7-2,8-3)18-12-14-21-29-22-15-13-19-25(9-4,10-5)20-16-23-30(26,27)28;1-6-22(7-2,8-3)16-11-13-19-27-20-14-12-17-23(9-4,10-5)18-15-21-28(24,25)26/h6-23H2,1-5H3,(H2,26,27,28);6-21H2,1-5H3,(H2,24,25,26). The Kier molecular flexibility index (Phi) is 35.3. The van der Waals surface area contributed by atoms with Gasteiger partial charge in [0.1, 0.15) is 0 Å². The molecule has 0 aromatic carbocycles. The molecule has 0 aromatic heterocycles. The van der Waals surface area contributed by atoms with Crippen LogP contribution in [0.4, 0.5) is 0 Å². The monoisotopic (exact) mass is 867 g/mol. The van der Waals surface area contributed by atoms with Crippen molar-refractivity contribution in [3.05, 3.63) is 0 Å². The summed E-state index contributed by atoms with van der Waals surface area (Å²) in [4.78, 5) is 0. The van der Waals surface area contributed by atoms with Gasteiger partial charge in [0, 0.05) is 26.4 Å². The van der Waals surface area contributed by atoms with Crippen LogP contribution in [0.3, 0.4) is 0 Å². The van der Waals surface area contributed by atoms with E-state index in [1.165, 1.54) is 89.9 Å². The van der Waals surface area contributed by atoms with E-state index in [2.05, 4.69) is 69.2 Å². The van der Waals surface area contributed by atoms with E-state index in [4.69, 9.17) is 19.8 Å². The van der Waals surface area contributed by atoms with Gasteiger partial charge < -0.3 is 9.47 Å². The summed E-state index contributed by atoms with van der Waals surface area (Å²) in [5.74, 6) is 0.209. The minimum absolute atomic E-state index is 0.104. The highest BCUT2D eigenvalue weighted by atomic mass is 32.2. The van der Waals surface area contributed by atoms with Crippen molar-refractivity contribution in [3.63, 3.8) is 0 Å². The van der Waals surface area contributed by atoms with E-state index in [1.54, 1.807) is 0 Å². The molecule has 0 unspecified atom stereocenters. The van der Waals surface area contributed by atoms with Crippen LogP contribution in [-0.2, 0) is 29.5 Å². The summed E-state index contributed by atoms with van der Waals surface area (Å²) in [5.41, 5.74) is 1.62. The minimum Gasteiger partial charge on any atom is -0.381 e. The summed E-state index contributed by atoms with van der Waals surface area (Å²) in [7, 11) is -6.68. The van der Waals surface area contributed by atoms with Crippen LogP contribution in [0, 0.1) is 21.7 Å². The number of ether oxygens (including phenoxy) is 2. The molecule has 0 fully saturated rings. The summed E-state index contributed by atoms with van der Waals surface area (Å²) in [5, 5.41) is 10.3. The number of hydrogen-bond acceptors (Lipinski definition) is 6. The van der Waals surface area contributed by atoms with Crippen LogP contribution >= 0.6 is 0 Å². The maximum absolute atomic E-state index is 11.2. The topological polar surface area (TPSA) is 139 Å². The molecule has 0 atom stereocenters. The Balaban J connectivity index is 0. The molecule has 352 valence electrons. The maximum Gasteiger partial charge on any atom is 0.209 e. The fourth-order valence-electron chi connectivity index (χ4n) is 9.40. The third-order valence-corrected chi connectivity index (χ3v) is 16.8. The second-order valence-electron chi connectivity index (χ2n) is 18.3. The van der Waals surface area contributed by atoms with Gasteiger partial charge in [-0.05, 0) is 105 Å². The van der Waals surface area contributed by atoms with E-state index in [-0.39, 0.29) is 22.3 Å². The van der Waals surface area contributed by atoms with E-state index in [0.717, 1.165) is 103 Å². The predicted molar refractivity (Wildman–Crippen MR) is 253 cm³/mol. The zero-order valence-corrected chi connectivity index (χ0v) is 42.1. The van der Waals surface area contributed by atoms with Crippen molar-refractivity contribution in [2.24, 2.45) is 31.9 Å². The average Bonchev–Trinajstić information content (AvgIpc) is 3.20. The van der Waals surface area contributed by atoms with Crippen molar-refractivity contribution < 1.29 is 26.3 Å². The largest absolute Gasteiger partial charge is 0.381 e. The first-order valence-electron chi connectivity index (χ1n) is 24.6. The molecule has 58 heavy (non-hydrogen) atoms. The Morgan fingerprint density at radius 2 is 0.552 bits per heavy atom. The fourth-order valence-corrected chi connectivity index (χ4v) is 10.5. The van der Waals surface area contributed by atoms with Gasteiger partial charge in [0.15, 0.2) is 0 Å². The normalized spacial score (nSPS) is 13.2. The third-order valence-electron chi connectivity index (χ3n) is 15.1. The summed E-state index contributed by atoms with van der Waals surface area (Å²) < 4.78 is 56.5. The van der Waals surface area contributed by atoms with Gasteiger partial charge in [-0.2, -0.15) is 0 Å². The lowest BCUT2D eigenvalue weighted by molar-refractivity contribution is 0.113. The van der Waals surface area contributed by atoms with Crippen LogP contribution < -0.4 is 10.3 Å². The van der Waals surface area contributed by atoms with Crippen molar-refractivity contribution in [1.82, 2.24) is 0 Å². The quantitative estimate of drug-likeness (QED) is 0.0588. The second kappa shape index (κ2) is 34.3. The average molecular weight is 867 g/mol. The number of primary sulfonamides is 2. The second-order valence-corrected chi connectivity index (χ2v) is 21.7. The Bertz CT molecular complexity index is 1140. The highest BCUT2D eigenvalue weighted by molar-refractivity contribution is 7.89. The SMILES string of the molecule is CCC(CC)(CC)CCCCOCCCCC(CC)(CC)CCCS(N)(=O)=O.CCCCC(CC)(CC)CCCCOCCCCC(CC)(CC)CCCS(N)(=O)=O. The van der Waals surface area contributed by atoms with E-state index in [0.29, 0.717) is 23.7 Å². The van der Waals surface area contributed by atoms with Crippen LogP contribution in [0.5, 0.6) is 0 Å². The number of hydrogen-bond donors (Lipinski definition) is 2. The maximum atomic E-state index is 11.2. The van der Waals surface area contributed by atoms with Gasteiger partial charge >= 0.3 is 0 Å². The van der Waals surface area contributed by atoms with Crippen LogP contribution in [0.2, 0.25) is 0 Å². The van der Waals surface area contributed by atoms with Gasteiger partial charge in [0.2, 0.25) is 20.0 Å². The summed E-state index contributed by atoms with van der Waals surface area (Å²) in [6.45, 7) is 26.3. The van der Waals surface area contributed by atoms with Crippen molar-refractivity contribution in [2.45, 2.75) is 249 Å². The zero-order chi connectivity index (χ0) is 44.5. The molecule has 0 aliphatic carbocycles. The summed E-state index contributed by atoms with van der Waals surface area (Å²) in [6, 6.07) is 0. The van der Waals surface area contributed by atoms with Gasteiger partial charge in [-0.15, -0.1) is 0 Å². The molecule has 0 bridgehead atoms. The van der Waals surface area contributed by atoms with Crippen LogP contribution in [0.25, 0.3) is 0 Å². The molecule has 8 nitrogen and oxygen atoms in total. The Morgan fingerprint density at radius 1 is 0.328 bits per heavy atom. The van der Waals surface area contributed by atoms with Crippen LogP contribution in [-0.4, -0.2) is 54.8 Å². The van der Waals surface area contributed by atoms with Crippen LogP contribution in [0.1, 0.15) is 249 Å². The highest BCUT2D eigenvalue weighted by Gasteiger charge is 2.28. The molecule has 10 heteroatoms. The highest BCUT2D eigenvalue weighted by Crippen LogP contribution is 2.40. The van der Waals surface area contributed by atoms with Crippen molar-refractivity contribution in [2.75, 3.05) is 37.9 Å². The smallest absolute Gasteiger partial charge is 0.209 e. The van der Waals surface area contributed by atoms with Gasteiger partial charge in [0.25, 0.3) is 0 Å². The minimum atomic E-state index is -3.34. The van der Waals surface area contributed by atoms with E-state index < -0.39 is 20.0 Å². The Labute approximate surface area is 363 Å². The zero-order valence-electron chi connectivity index (χ0n) is 40.5. The summed E-state index contributed by atoms with van der Waals surface area (Å²) >= 11 is 0. The molecule has 0 spiro atoms. The van der Waals surface area contributed by atoms with E-state index in [9.17, 15) is 16.8 Å². The number of unbranched alkanes of at least 4 members (excludes halogenated alkanes) is 5. The fraction of sp³-hybridized carbons (Fsp3) is 1.00. The lowest BCUT2D eigenvalue weighted by atomic mass is 9.74. The summed E-state index contributed by atoms with van der Waals surface area (Å²) in [6.07, 6.45) is 32.5. The molecule has 0 saturated carbocycles. The molecule has 0 rings (SSSR count). The predicted octanol–water partition coefficient (Wildman–Crippen LogP) is 13.7. The van der Waals surface area contributed by atoms with Crippen molar-refractivity contribution in [1.29, 1.82) is 0 Å². The molecular weight excluding hydrogens is 765 g/mol. The van der Waals surface area contributed by atoms with Crippen molar-refractivity contribution in [3.8, 4) is 0 Å². The first-order chi connectivity index (χ1) is 27.4. The van der Waals surface area contributed by atoms with Gasteiger partial charge in [-0.3, -0.25) is 0 Å². The molecule has 0 radical (unpaired) electrons. The number of nitrogens with two attached hydrogens (primary N) is 2. The van der Waals surface area contributed by atoms with Gasteiger partial charge in [-0.25, -0.2) is 27.1 Å². The lowest BCUT2D eigenvalue weighted by Crippen LogP contribution is -2.23. The van der Waals surface area contributed by atoms with Crippen molar-refractivity contribution >= 4 is 20.0 Å². The molecule has 0 aliphatic rings. The molecule has 0 aromatic rings. The Morgan fingerprint density at radius 3 is 0.776 bits per heavy atom. The number of rotatable bonds is 40. The molecule has 0 amide bonds.